The minimum Gasteiger partial charge on any atom is -0.328 e. The van der Waals surface area contributed by atoms with Crippen molar-refractivity contribution in [2.45, 2.75) is 18.4 Å². The van der Waals surface area contributed by atoms with Gasteiger partial charge >= 0.3 is 0 Å². The Bertz CT molecular complexity index is 319. The zero-order valence-corrected chi connectivity index (χ0v) is 9.68. The van der Waals surface area contributed by atoms with Crippen LogP contribution in [0.25, 0.3) is 0 Å². The highest BCUT2D eigenvalue weighted by Crippen LogP contribution is 2.34. The number of benzene rings is 1. The Morgan fingerprint density at radius 1 is 1.43 bits per heavy atom. The van der Waals surface area contributed by atoms with E-state index in [2.05, 4.69) is 39.4 Å². The highest BCUT2D eigenvalue weighted by atomic mass is 79.9. The summed E-state index contributed by atoms with van der Waals surface area (Å²) in [6, 6.07) is 8.33. The average Bonchev–Trinajstić information content (AvgIpc) is 2.68. The number of nitrogens with one attached hydrogen (secondary N) is 1. The van der Waals surface area contributed by atoms with E-state index in [0.29, 0.717) is 6.54 Å². The fourth-order valence-electron chi connectivity index (χ4n) is 2.17. The molecule has 1 aliphatic rings. The summed E-state index contributed by atoms with van der Waals surface area (Å²) in [6.45, 7) is 1.73. The summed E-state index contributed by atoms with van der Waals surface area (Å²) in [4.78, 5) is 0. The molecule has 1 aromatic carbocycles. The van der Waals surface area contributed by atoms with Gasteiger partial charge < -0.3 is 11.1 Å². The van der Waals surface area contributed by atoms with Gasteiger partial charge in [-0.3, -0.25) is 0 Å². The maximum atomic E-state index is 5.89. The van der Waals surface area contributed by atoms with Crippen LogP contribution in [0.1, 0.15) is 18.4 Å². The van der Waals surface area contributed by atoms with Crippen molar-refractivity contribution >= 4 is 15.9 Å². The van der Waals surface area contributed by atoms with Crippen molar-refractivity contribution in [1.82, 2.24) is 5.32 Å². The first-order valence-electron chi connectivity index (χ1n) is 4.99. The van der Waals surface area contributed by atoms with E-state index >= 15 is 0 Å². The van der Waals surface area contributed by atoms with Crippen molar-refractivity contribution in [1.29, 1.82) is 0 Å². The van der Waals surface area contributed by atoms with Crippen molar-refractivity contribution < 1.29 is 0 Å². The average molecular weight is 255 g/mol. The molecule has 0 radical (unpaired) electrons. The molecule has 2 rings (SSSR count). The molecule has 0 amide bonds. The molecule has 76 valence electrons. The summed E-state index contributed by atoms with van der Waals surface area (Å²) < 4.78 is 1.15. The third-order valence-electron chi connectivity index (χ3n) is 2.98. The van der Waals surface area contributed by atoms with Crippen LogP contribution in [0, 0.1) is 0 Å². The Kier molecular flexibility index (Phi) is 2.91. The van der Waals surface area contributed by atoms with Crippen LogP contribution < -0.4 is 11.1 Å². The quantitative estimate of drug-likeness (QED) is 0.848. The number of nitrogens with two attached hydrogens (primary N) is 1. The number of rotatable bonds is 2. The maximum absolute atomic E-state index is 5.89. The molecule has 0 spiro atoms. The van der Waals surface area contributed by atoms with Gasteiger partial charge in [0, 0.05) is 11.0 Å². The van der Waals surface area contributed by atoms with Crippen LogP contribution in [0.3, 0.4) is 0 Å². The number of hydrogen-bond donors (Lipinski definition) is 2. The second kappa shape index (κ2) is 4.01. The van der Waals surface area contributed by atoms with Crippen molar-refractivity contribution in [3.8, 4) is 0 Å². The molecule has 14 heavy (non-hydrogen) atoms. The Hall–Kier alpha value is -0.380. The van der Waals surface area contributed by atoms with Crippen LogP contribution in [0.2, 0.25) is 0 Å². The fraction of sp³-hybridized carbons (Fsp3) is 0.455. The highest BCUT2D eigenvalue weighted by molar-refractivity contribution is 9.10. The molecular formula is C11H15BrN2. The minimum atomic E-state index is 0.0000926. The highest BCUT2D eigenvalue weighted by Gasteiger charge is 2.34. The van der Waals surface area contributed by atoms with Crippen LogP contribution in [0.4, 0.5) is 0 Å². The minimum absolute atomic E-state index is 0.0000926. The molecule has 0 saturated carbocycles. The van der Waals surface area contributed by atoms with Gasteiger partial charge in [0.2, 0.25) is 0 Å². The third kappa shape index (κ3) is 1.60. The van der Waals surface area contributed by atoms with E-state index in [0.717, 1.165) is 17.4 Å². The van der Waals surface area contributed by atoms with E-state index in [-0.39, 0.29) is 5.54 Å². The van der Waals surface area contributed by atoms with E-state index in [9.17, 15) is 0 Å². The van der Waals surface area contributed by atoms with Gasteiger partial charge in [-0.2, -0.15) is 0 Å². The van der Waals surface area contributed by atoms with Gasteiger partial charge in [-0.15, -0.1) is 0 Å². The molecule has 2 nitrogen and oxygen atoms in total. The van der Waals surface area contributed by atoms with E-state index in [4.69, 9.17) is 5.73 Å². The Labute approximate surface area is 93.0 Å². The van der Waals surface area contributed by atoms with Crippen LogP contribution in [-0.4, -0.2) is 13.1 Å². The summed E-state index contributed by atoms with van der Waals surface area (Å²) in [5.41, 5.74) is 7.18. The van der Waals surface area contributed by atoms with Crippen LogP contribution in [0.15, 0.2) is 28.7 Å². The van der Waals surface area contributed by atoms with Gasteiger partial charge in [-0.05, 0) is 31.0 Å². The Morgan fingerprint density at radius 2 is 2.21 bits per heavy atom. The molecule has 3 heteroatoms. The lowest BCUT2D eigenvalue weighted by Gasteiger charge is -2.29. The summed E-state index contributed by atoms with van der Waals surface area (Å²) in [5, 5.41) is 3.52. The molecule has 1 fully saturated rings. The Morgan fingerprint density at radius 3 is 2.79 bits per heavy atom. The lowest BCUT2D eigenvalue weighted by Crippen LogP contribution is -2.43. The maximum Gasteiger partial charge on any atom is 0.0570 e. The topological polar surface area (TPSA) is 38.0 Å². The first-order chi connectivity index (χ1) is 6.78. The summed E-state index contributed by atoms with van der Waals surface area (Å²) in [6.07, 6.45) is 2.34. The third-order valence-corrected chi connectivity index (χ3v) is 3.67. The Balaban J connectivity index is 2.41. The zero-order chi connectivity index (χ0) is 10.0. The fourth-order valence-corrected chi connectivity index (χ4v) is 2.83. The monoisotopic (exact) mass is 254 g/mol. The van der Waals surface area contributed by atoms with Crippen molar-refractivity contribution in [2.75, 3.05) is 13.1 Å². The molecule has 1 atom stereocenters. The number of halogens is 1. The largest absolute Gasteiger partial charge is 0.328 e. The van der Waals surface area contributed by atoms with Crippen molar-refractivity contribution in [3.63, 3.8) is 0 Å². The first-order valence-corrected chi connectivity index (χ1v) is 5.78. The van der Waals surface area contributed by atoms with Gasteiger partial charge in [-0.1, -0.05) is 34.1 Å². The first kappa shape index (κ1) is 10.1. The molecule has 0 bridgehead atoms. The van der Waals surface area contributed by atoms with Gasteiger partial charge in [0.1, 0.15) is 0 Å². The molecule has 0 aliphatic carbocycles. The van der Waals surface area contributed by atoms with E-state index in [1.54, 1.807) is 0 Å². The lowest BCUT2D eigenvalue weighted by molar-refractivity contribution is 0.400. The predicted molar refractivity (Wildman–Crippen MR) is 62.1 cm³/mol. The molecule has 3 N–H and O–H groups in total. The van der Waals surface area contributed by atoms with Crippen LogP contribution in [0.5, 0.6) is 0 Å². The molecular weight excluding hydrogens is 240 g/mol. The molecule has 1 heterocycles. The van der Waals surface area contributed by atoms with E-state index < -0.39 is 0 Å². The molecule has 1 saturated heterocycles. The standard InChI is InChI=1S/C11H15BrN2/c12-10-5-2-1-4-9(10)11(8-13)6-3-7-14-11/h1-2,4-5,14H,3,6-8,13H2. The molecule has 1 aliphatic heterocycles. The van der Waals surface area contributed by atoms with Crippen molar-refractivity contribution in [2.24, 2.45) is 5.73 Å². The number of hydrogen-bond acceptors (Lipinski definition) is 2. The molecule has 1 aromatic rings. The molecule has 1 unspecified atom stereocenters. The zero-order valence-electron chi connectivity index (χ0n) is 8.09. The van der Waals surface area contributed by atoms with E-state index in [1.165, 1.54) is 12.0 Å². The van der Waals surface area contributed by atoms with Gasteiger partial charge in [-0.25, -0.2) is 0 Å². The van der Waals surface area contributed by atoms with Crippen LogP contribution >= 0.6 is 15.9 Å². The summed E-state index contributed by atoms with van der Waals surface area (Å²) in [7, 11) is 0. The predicted octanol–water partition coefficient (Wildman–Crippen LogP) is 1.99. The van der Waals surface area contributed by atoms with Gasteiger partial charge in [0.15, 0.2) is 0 Å². The van der Waals surface area contributed by atoms with Gasteiger partial charge in [0.25, 0.3) is 0 Å². The second-order valence-electron chi connectivity index (χ2n) is 3.80. The normalized spacial score (nSPS) is 26.7. The SMILES string of the molecule is NCC1(c2ccccc2Br)CCCN1. The van der Waals surface area contributed by atoms with E-state index in [1.807, 2.05) is 6.07 Å². The summed E-state index contributed by atoms with van der Waals surface area (Å²) in [5.74, 6) is 0. The molecule has 0 aromatic heterocycles. The van der Waals surface area contributed by atoms with Crippen LogP contribution in [-0.2, 0) is 5.54 Å². The second-order valence-corrected chi connectivity index (χ2v) is 4.65. The van der Waals surface area contributed by atoms with Crippen molar-refractivity contribution in [3.05, 3.63) is 34.3 Å². The summed E-state index contributed by atoms with van der Waals surface area (Å²) >= 11 is 3.59. The van der Waals surface area contributed by atoms with Gasteiger partial charge in [0.05, 0.1) is 5.54 Å². The lowest BCUT2D eigenvalue weighted by atomic mass is 9.88. The smallest absolute Gasteiger partial charge is 0.0570 e.